The fourth-order valence-electron chi connectivity index (χ4n) is 3.20. The monoisotopic (exact) mass is 552 g/mol. The quantitative estimate of drug-likeness (QED) is 0.191. The van der Waals surface area contributed by atoms with Crippen LogP contribution in [0.3, 0.4) is 0 Å². The van der Waals surface area contributed by atoms with Crippen molar-refractivity contribution in [2.75, 3.05) is 5.75 Å². The van der Waals surface area contributed by atoms with E-state index >= 15 is 0 Å². The second-order valence-corrected chi connectivity index (χ2v) is 8.90. The van der Waals surface area contributed by atoms with E-state index in [0.717, 1.165) is 23.8 Å². The van der Waals surface area contributed by atoms with Gasteiger partial charge in [0, 0.05) is 41.3 Å². The minimum absolute atomic E-state index is 0.0653. The molecule has 14 nitrogen and oxygen atoms in total. The first kappa shape index (κ1) is 28.4. The van der Waals surface area contributed by atoms with Crippen LogP contribution < -0.4 is 10.7 Å². The lowest BCUT2D eigenvalue weighted by molar-refractivity contribution is -0.394. The van der Waals surface area contributed by atoms with Gasteiger partial charge in [-0.15, -0.1) is 0 Å². The Bertz CT molecular complexity index is 1400. The second kappa shape index (κ2) is 13.4. The largest absolute Gasteiger partial charge is 0.339 e. The third kappa shape index (κ3) is 8.43. The molecule has 0 aliphatic carbocycles. The van der Waals surface area contributed by atoms with Crippen molar-refractivity contribution in [3.8, 4) is 0 Å². The predicted octanol–water partition coefficient (Wildman–Crippen LogP) is 3.59. The number of nitro benzene ring substituents is 3. The van der Waals surface area contributed by atoms with E-state index < -0.39 is 44.0 Å². The Hall–Kier alpha value is -5.18. The minimum atomic E-state index is -1.19. The molecule has 200 valence electrons. The Morgan fingerprint density at radius 3 is 2.10 bits per heavy atom. The first-order chi connectivity index (χ1) is 18.6. The van der Waals surface area contributed by atoms with Gasteiger partial charge in [0.2, 0.25) is 0 Å². The maximum atomic E-state index is 12.9. The molecule has 2 amide bonds. The van der Waals surface area contributed by atoms with Gasteiger partial charge in [-0.2, -0.15) is 16.9 Å². The Morgan fingerprint density at radius 2 is 1.49 bits per heavy atom. The topological polar surface area (TPSA) is 200 Å². The van der Waals surface area contributed by atoms with Crippen molar-refractivity contribution in [1.29, 1.82) is 0 Å². The zero-order valence-electron chi connectivity index (χ0n) is 20.0. The van der Waals surface area contributed by atoms with Crippen LogP contribution in [0, 0.1) is 30.3 Å². The Kier molecular flexibility index (Phi) is 9.75. The molecule has 0 aliphatic rings. The standard InChI is InChI=1S/C24H20N6O8S/c31-23(18-10-20(29(35)36)12-21(11-18)30(37)38)26-22(15-39-14-16-5-2-1-3-6-16)24(32)27-25-13-17-7-4-8-19(9-17)28(33)34/h1-13,22H,14-15H2,(H,26,31)(H,27,32)/b25-13+. The van der Waals surface area contributed by atoms with E-state index in [2.05, 4.69) is 15.8 Å². The van der Waals surface area contributed by atoms with Gasteiger partial charge in [0.25, 0.3) is 28.9 Å². The van der Waals surface area contributed by atoms with Gasteiger partial charge in [0.1, 0.15) is 6.04 Å². The van der Waals surface area contributed by atoms with Crippen LogP contribution in [0.15, 0.2) is 77.9 Å². The molecule has 3 rings (SSSR count). The fourth-order valence-corrected chi connectivity index (χ4v) is 4.21. The van der Waals surface area contributed by atoms with Gasteiger partial charge in [-0.05, 0) is 5.56 Å². The number of benzene rings is 3. The summed E-state index contributed by atoms with van der Waals surface area (Å²) in [6.07, 6.45) is 1.19. The summed E-state index contributed by atoms with van der Waals surface area (Å²) in [6, 6.07) is 16.1. The number of amides is 2. The normalized spacial score (nSPS) is 11.5. The molecule has 1 unspecified atom stereocenters. The Labute approximate surface area is 224 Å². The highest BCUT2D eigenvalue weighted by molar-refractivity contribution is 7.98. The smallest absolute Gasteiger partial charge is 0.277 e. The van der Waals surface area contributed by atoms with E-state index in [1.165, 1.54) is 42.2 Å². The average molecular weight is 553 g/mol. The zero-order valence-corrected chi connectivity index (χ0v) is 20.8. The van der Waals surface area contributed by atoms with Crippen LogP contribution in [0.5, 0.6) is 0 Å². The van der Waals surface area contributed by atoms with Gasteiger partial charge < -0.3 is 5.32 Å². The van der Waals surface area contributed by atoms with Crippen molar-refractivity contribution in [2.24, 2.45) is 5.10 Å². The summed E-state index contributed by atoms with van der Waals surface area (Å²) < 4.78 is 0. The maximum absolute atomic E-state index is 12.9. The molecular formula is C24H20N6O8S. The molecule has 0 aromatic heterocycles. The minimum Gasteiger partial charge on any atom is -0.339 e. The van der Waals surface area contributed by atoms with Gasteiger partial charge in [0.15, 0.2) is 0 Å². The highest BCUT2D eigenvalue weighted by Gasteiger charge is 2.25. The lowest BCUT2D eigenvalue weighted by Gasteiger charge is -2.17. The zero-order chi connectivity index (χ0) is 28.4. The van der Waals surface area contributed by atoms with Crippen molar-refractivity contribution in [3.05, 3.63) is 120 Å². The lowest BCUT2D eigenvalue weighted by atomic mass is 10.1. The molecule has 0 saturated heterocycles. The molecule has 2 N–H and O–H groups in total. The fraction of sp³-hybridized carbons (Fsp3) is 0.125. The van der Waals surface area contributed by atoms with E-state index in [4.69, 9.17) is 0 Å². The number of rotatable bonds is 12. The van der Waals surface area contributed by atoms with Gasteiger partial charge in [-0.1, -0.05) is 42.5 Å². The number of hydrogen-bond acceptors (Lipinski definition) is 10. The van der Waals surface area contributed by atoms with Crippen LogP contribution in [0.25, 0.3) is 0 Å². The molecule has 1 atom stereocenters. The molecule has 0 fully saturated rings. The van der Waals surface area contributed by atoms with Crippen molar-refractivity contribution in [1.82, 2.24) is 10.7 Å². The van der Waals surface area contributed by atoms with Crippen molar-refractivity contribution in [3.63, 3.8) is 0 Å². The highest BCUT2D eigenvalue weighted by atomic mass is 32.2. The number of hydrogen-bond donors (Lipinski definition) is 2. The van der Waals surface area contributed by atoms with E-state index in [1.54, 1.807) is 0 Å². The van der Waals surface area contributed by atoms with Crippen molar-refractivity contribution < 1.29 is 24.4 Å². The molecule has 3 aromatic rings. The lowest BCUT2D eigenvalue weighted by Crippen LogP contribution is -2.47. The van der Waals surface area contributed by atoms with Crippen LogP contribution in [0.2, 0.25) is 0 Å². The summed E-state index contributed by atoms with van der Waals surface area (Å²) in [7, 11) is 0. The van der Waals surface area contributed by atoms with Crippen LogP contribution >= 0.6 is 11.8 Å². The van der Waals surface area contributed by atoms with E-state index in [0.29, 0.717) is 11.3 Å². The van der Waals surface area contributed by atoms with E-state index in [-0.39, 0.29) is 17.0 Å². The summed E-state index contributed by atoms with van der Waals surface area (Å²) in [4.78, 5) is 56.8. The number of nitrogens with one attached hydrogen (secondary N) is 2. The Morgan fingerprint density at radius 1 is 0.846 bits per heavy atom. The predicted molar refractivity (Wildman–Crippen MR) is 142 cm³/mol. The number of nitrogens with zero attached hydrogens (tertiary/aromatic N) is 4. The van der Waals surface area contributed by atoms with Crippen molar-refractivity contribution >= 4 is 46.9 Å². The molecule has 0 spiro atoms. The number of nitro groups is 3. The van der Waals surface area contributed by atoms with Gasteiger partial charge in [-0.3, -0.25) is 39.9 Å². The van der Waals surface area contributed by atoms with Gasteiger partial charge in [0.05, 0.1) is 32.6 Å². The molecule has 0 radical (unpaired) electrons. The number of carbonyl (C=O) groups is 2. The second-order valence-electron chi connectivity index (χ2n) is 7.87. The summed E-state index contributed by atoms with van der Waals surface area (Å²) >= 11 is 1.31. The van der Waals surface area contributed by atoms with E-state index in [1.807, 2.05) is 30.3 Å². The molecule has 0 saturated carbocycles. The SMILES string of the molecule is O=C(NC(CSCc1ccccc1)C(=O)N/N=C/c1cccc([N+](=O)[O-])c1)c1cc([N+](=O)[O-])cc([N+](=O)[O-])c1. The van der Waals surface area contributed by atoms with Crippen LogP contribution in [0.1, 0.15) is 21.5 Å². The third-order valence-corrected chi connectivity index (χ3v) is 6.18. The van der Waals surface area contributed by atoms with Gasteiger partial charge in [-0.25, -0.2) is 5.43 Å². The molecule has 0 bridgehead atoms. The van der Waals surface area contributed by atoms with Crippen LogP contribution in [-0.4, -0.2) is 44.6 Å². The molecule has 15 heteroatoms. The summed E-state index contributed by atoms with van der Waals surface area (Å²) in [5.74, 6) is -1.12. The summed E-state index contributed by atoms with van der Waals surface area (Å²) in [5, 5.41) is 39.5. The van der Waals surface area contributed by atoms with Crippen LogP contribution in [-0.2, 0) is 10.5 Å². The summed E-state index contributed by atoms with van der Waals surface area (Å²) in [5.41, 5.74) is 1.71. The number of thioether (sulfide) groups is 1. The van der Waals surface area contributed by atoms with E-state index in [9.17, 15) is 39.9 Å². The van der Waals surface area contributed by atoms with Crippen LogP contribution in [0.4, 0.5) is 17.1 Å². The first-order valence-electron chi connectivity index (χ1n) is 11.1. The molecule has 39 heavy (non-hydrogen) atoms. The van der Waals surface area contributed by atoms with Gasteiger partial charge >= 0.3 is 0 Å². The number of non-ortho nitro benzene ring substituents is 3. The molecule has 0 aliphatic heterocycles. The highest BCUT2D eigenvalue weighted by Crippen LogP contribution is 2.23. The number of carbonyl (C=O) groups excluding carboxylic acids is 2. The van der Waals surface area contributed by atoms with Crippen molar-refractivity contribution in [2.45, 2.75) is 11.8 Å². The average Bonchev–Trinajstić information content (AvgIpc) is 2.92. The molecule has 3 aromatic carbocycles. The molecule has 0 heterocycles. The maximum Gasteiger partial charge on any atom is 0.277 e. The first-order valence-corrected chi connectivity index (χ1v) is 12.2. The third-order valence-electron chi connectivity index (χ3n) is 5.07. The summed E-state index contributed by atoms with van der Waals surface area (Å²) in [6.45, 7) is 0. The molecular weight excluding hydrogens is 532 g/mol. The number of hydrazone groups is 1. The Balaban J connectivity index is 1.77.